The van der Waals surface area contributed by atoms with Crippen LogP contribution in [0.25, 0.3) is 0 Å². The summed E-state index contributed by atoms with van der Waals surface area (Å²) in [5, 5.41) is 8.32. The van der Waals surface area contributed by atoms with Crippen molar-refractivity contribution in [1.82, 2.24) is 0 Å². The maximum absolute atomic E-state index is 12.5. The predicted octanol–water partition coefficient (Wildman–Crippen LogP) is 1.80. The maximum Gasteiger partial charge on any atom is 0.335 e. The van der Waals surface area contributed by atoms with Crippen molar-refractivity contribution >= 4 is 47.1 Å². The van der Waals surface area contributed by atoms with Gasteiger partial charge in [-0.3, -0.25) is 0 Å². The molecule has 1 radical (unpaired) electrons. The Labute approximate surface area is 95.6 Å². The number of carboxylic acids is 1. The number of carboxylic acid groups (broad SMARTS) is 1. The first-order valence-corrected chi connectivity index (χ1v) is 3.17. The van der Waals surface area contributed by atoms with Gasteiger partial charge in [0, 0.05) is 29.6 Å². The molecule has 0 aliphatic rings. The van der Waals surface area contributed by atoms with Crippen LogP contribution in [-0.4, -0.2) is 40.6 Å². The van der Waals surface area contributed by atoms with Gasteiger partial charge in [-0.25, -0.2) is 9.18 Å². The Hall–Kier alpha value is -0.0900. The van der Waals surface area contributed by atoms with Crippen molar-refractivity contribution in [2.45, 2.75) is 0 Å². The van der Waals surface area contributed by atoms with Crippen molar-refractivity contribution in [3.8, 4) is 0 Å². The first-order chi connectivity index (χ1) is 5.11. The Balaban J connectivity index is 0.00000121. The van der Waals surface area contributed by atoms with Crippen molar-refractivity contribution in [2.75, 3.05) is 0 Å². The average molecular weight is 198 g/mol. The van der Waals surface area contributed by atoms with Gasteiger partial charge in [-0.1, -0.05) is 11.6 Å². The molecule has 0 atom stereocenters. The van der Waals surface area contributed by atoms with Crippen LogP contribution < -0.4 is 0 Å². The fourth-order valence-corrected chi connectivity index (χ4v) is 0.747. The van der Waals surface area contributed by atoms with E-state index in [4.69, 9.17) is 16.7 Å². The molecule has 59 valence electrons. The van der Waals surface area contributed by atoms with Gasteiger partial charge in [0.15, 0.2) is 0 Å². The van der Waals surface area contributed by atoms with Gasteiger partial charge < -0.3 is 5.11 Å². The van der Waals surface area contributed by atoms with E-state index in [1.165, 1.54) is 12.1 Å². The van der Waals surface area contributed by atoms with Crippen molar-refractivity contribution in [1.29, 1.82) is 0 Å². The van der Waals surface area contributed by atoms with Crippen LogP contribution in [0.1, 0.15) is 10.4 Å². The smallest absolute Gasteiger partial charge is 0.335 e. The Morgan fingerprint density at radius 3 is 2.50 bits per heavy atom. The summed E-state index contributed by atoms with van der Waals surface area (Å²) < 4.78 is 12.5. The third-order valence-electron chi connectivity index (χ3n) is 1.17. The number of carbonyl (C=O) groups is 1. The summed E-state index contributed by atoms with van der Waals surface area (Å²) in [5.41, 5.74) is -0.105. The molecule has 1 aromatic carbocycles. The third-order valence-corrected chi connectivity index (χ3v) is 1.47. The van der Waals surface area contributed by atoms with E-state index in [0.29, 0.717) is 0 Å². The number of aromatic carboxylic acids is 1. The Bertz CT molecular complexity index is 303. The molecule has 1 aromatic rings. The van der Waals surface area contributed by atoms with Gasteiger partial charge in [0.1, 0.15) is 5.82 Å². The summed E-state index contributed by atoms with van der Waals surface area (Å²) in [4.78, 5) is 10.3. The van der Waals surface area contributed by atoms with Crippen LogP contribution in [0.2, 0.25) is 5.02 Å². The molecule has 0 fully saturated rings. The Morgan fingerprint density at radius 2 is 2.08 bits per heavy atom. The molecule has 1 rings (SSSR count). The van der Waals surface area contributed by atoms with Gasteiger partial charge in [-0.05, 0) is 18.2 Å². The largest absolute Gasteiger partial charge is 0.478 e. The quantitative estimate of drug-likeness (QED) is 0.697. The zero-order chi connectivity index (χ0) is 8.43. The number of hydrogen-bond donors (Lipinski definition) is 1. The van der Waals surface area contributed by atoms with Crippen LogP contribution in [0.15, 0.2) is 18.2 Å². The van der Waals surface area contributed by atoms with Gasteiger partial charge in [-0.2, -0.15) is 0 Å². The van der Waals surface area contributed by atoms with Gasteiger partial charge >= 0.3 is 5.97 Å². The van der Waals surface area contributed by atoms with E-state index in [0.717, 1.165) is 6.07 Å². The van der Waals surface area contributed by atoms with Crippen molar-refractivity contribution < 1.29 is 14.3 Å². The van der Waals surface area contributed by atoms with Crippen LogP contribution in [0, 0.1) is 5.82 Å². The summed E-state index contributed by atoms with van der Waals surface area (Å²) in [6.07, 6.45) is 0. The minimum atomic E-state index is -1.17. The van der Waals surface area contributed by atoms with Crippen molar-refractivity contribution in [2.24, 2.45) is 0 Å². The van der Waals surface area contributed by atoms with Gasteiger partial charge in [0.2, 0.25) is 0 Å². The first kappa shape index (κ1) is 11.9. The molecular formula is C7H4ClFNaO2. The molecule has 0 unspecified atom stereocenters. The number of hydrogen-bond acceptors (Lipinski definition) is 1. The van der Waals surface area contributed by atoms with Crippen LogP contribution >= 0.6 is 11.6 Å². The van der Waals surface area contributed by atoms with E-state index >= 15 is 0 Å². The Kier molecular flexibility index (Phi) is 4.78. The normalized spacial score (nSPS) is 8.83. The molecule has 12 heavy (non-hydrogen) atoms. The van der Waals surface area contributed by atoms with Gasteiger partial charge in [-0.15, -0.1) is 0 Å². The van der Waals surface area contributed by atoms with E-state index in [-0.39, 0.29) is 40.1 Å². The monoisotopic (exact) mass is 197 g/mol. The average Bonchev–Trinajstić information content (AvgIpc) is 1.94. The summed E-state index contributed by atoms with van der Waals surface area (Å²) in [6.45, 7) is 0. The van der Waals surface area contributed by atoms with Gasteiger partial charge in [0.05, 0.1) is 10.6 Å². The molecule has 0 aliphatic heterocycles. The number of benzene rings is 1. The van der Waals surface area contributed by atoms with E-state index in [9.17, 15) is 9.18 Å². The predicted molar refractivity (Wildman–Crippen MR) is 44.1 cm³/mol. The Morgan fingerprint density at radius 1 is 1.50 bits per heavy atom. The van der Waals surface area contributed by atoms with E-state index < -0.39 is 11.8 Å². The first-order valence-electron chi connectivity index (χ1n) is 2.79. The molecular weight excluding hydrogens is 194 g/mol. The SMILES string of the molecule is O=C(O)c1ccc(Cl)c(F)c1.[Na]. The summed E-state index contributed by atoms with van der Waals surface area (Å²) in [5.74, 6) is -1.88. The minimum Gasteiger partial charge on any atom is -0.478 e. The van der Waals surface area contributed by atoms with Crippen LogP contribution in [0.4, 0.5) is 4.39 Å². The molecule has 0 amide bonds. The molecule has 2 nitrogen and oxygen atoms in total. The third kappa shape index (κ3) is 2.75. The zero-order valence-corrected chi connectivity index (χ0v) is 9.10. The molecule has 5 heteroatoms. The topological polar surface area (TPSA) is 37.3 Å². The van der Waals surface area contributed by atoms with Crippen LogP contribution in [-0.2, 0) is 0 Å². The molecule has 0 bridgehead atoms. The fourth-order valence-electron chi connectivity index (χ4n) is 0.629. The molecule has 0 spiro atoms. The van der Waals surface area contributed by atoms with E-state index in [1.54, 1.807) is 0 Å². The number of rotatable bonds is 1. The second-order valence-electron chi connectivity index (χ2n) is 1.93. The van der Waals surface area contributed by atoms with Gasteiger partial charge in [0.25, 0.3) is 0 Å². The molecule has 1 N–H and O–H groups in total. The van der Waals surface area contributed by atoms with Crippen LogP contribution in [0.3, 0.4) is 0 Å². The molecule has 0 saturated carbocycles. The standard InChI is InChI=1S/C7H4ClFO2.Na/c8-5-2-1-4(7(10)11)3-6(5)9;/h1-3H,(H,10,11);. The molecule has 0 heterocycles. The van der Waals surface area contributed by atoms with Crippen LogP contribution in [0.5, 0.6) is 0 Å². The second-order valence-corrected chi connectivity index (χ2v) is 2.34. The fraction of sp³-hybridized carbons (Fsp3) is 0. The summed E-state index contributed by atoms with van der Waals surface area (Å²) in [7, 11) is 0. The number of halogens is 2. The van der Waals surface area contributed by atoms with E-state index in [2.05, 4.69) is 0 Å². The molecule has 0 aliphatic carbocycles. The van der Waals surface area contributed by atoms with Crippen molar-refractivity contribution in [3.05, 3.63) is 34.6 Å². The van der Waals surface area contributed by atoms with Crippen molar-refractivity contribution in [3.63, 3.8) is 0 Å². The zero-order valence-electron chi connectivity index (χ0n) is 6.34. The maximum atomic E-state index is 12.5. The molecule has 0 aromatic heterocycles. The second kappa shape index (κ2) is 4.82. The minimum absolute atomic E-state index is 0. The summed E-state index contributed by atoms with van der Waals surface area (Å²) in [6, 6.07) is 3.33. The summed E-state index contributed by atoms with van der Waals surface area (Å²) >= 11 is 5.32. The van der Waals surface area contributed by atoms with E-state index in [1.807, 2.05) is 0 Å². The molecule has 0 saturated heterocycles.